The van der Waals surface area contributed by atoms with E-state index in [1.54, 1.807) is 24.3 Å². The lowest BCUT2D eigenvalue weighted by atomic mass is 10.3. The van der Waals surface area contributed by atoms with Crippen LogP contribution in [-0.4, -0.2) is 17.2 Å². The van der Waals surface area contributed by atoms with Crippen LogP contribution in [0, 0.1) is 0 Å². The van der Waals surface area contributed by atoms with Gasteiger partial charge in [-0.2, -0.15) is 0 Å². The maximum Gasteiger partial charge on any atom is 0.323 e. The molecule has 7 nitrogen and oxygen atoms in total. The molecule has 0 saturated carbocycles. The quantitative estimate of drug-likeness (QED) is 0.523. The van der Waals surface area contributed by atoms with Gasteiger partial charge in [-0.05, 0) is 40.2 Å². The third kappa shape index (κ3) is 6.14. The molecule has 116 valence electrons. The van der Waals surface area contributed by atoms with Crippen molar-refractivity contribution in [2.24, 2.45) is 11.5 Å². The zero-order chi connectivity index (χ0) is 16.5. The Hall–Kier alpha value is -2.74. The van der Waals surface area contributed by atoms with Crippen LogP contribution in [0.2, 0.25) is 0 Å². The van der Waals surface area contributed by atoms with Crippen molar-refractivity contribution < 1.29 is 14.7 Å². The molecule has 2 rings (SSSR count). The number of primary amides is 2. The number of hydrogen-bond acceptors (Lipinski definition) is 3. The second kappa shape index (κ2) is 8.53. The van der Waals surface area contributed by atoms with E-state index in [-0.39, 0.29) is 5.75 Å². The Balaban J connectivity index is 0.000000541. The average Bonchev–Trinajstić information content (AvgIpc) is 2.43. The van der Waals surface area contributed by atoms with Crippen LogP contribution < -0.4 is 22.1 Å². The van der Waals surface area contributed by atoms with E-state index in [2.05, 4.69) is 38.0 Å². The number of phenolic OH excluding ortho intramolecular Hbond substituents is 1. The molecular weight excluding hydrogens is 352 g/mol. The van der Waals surface area contributed by atoms with Crippen LogP contribution in [0.3, 0.4) is 0 Å². The number of amides is 4. The third-order valence-corrected chi connectivity index (χ3v) is 2.97. The molecule has 0 spiro atoms. The zero-order valence-corrected chi connectivity index (χ0v) is 13.0. The fourth-order valence-electron chi connectivity index (χ4n) is 1.42. The minimum atomic E-state index is -0.833. The van der Waals surface area contributed by atoms with E-state index in [9.17, 15) is 9.90 Å². The summed E-state index contributed by atoms with van der Waals surface area (Å²) in [7, 11) is 0. The van der Waals surface area contributed by atoms with Gasteiger partial charge in [-0.25, -0.2) is 9.59 Å². The van der Waals surface area contributed by atoms with E-state index in [0.29, 0.717) is 11.4 Å². The number of anilines is 2. The van der Waals surface area contributed by atoms with E-state index >= 15 is 0 Å². The monoisotopic (exact) mass is 366 g/mol. The van der Waals surface area contributed by atoms with Crippen molar-refractivity contribution in [1.29, 1.82) is 0 Å². The van der Waals surface area contributed by atoms with Crippen molar-refractivity contribution in [3.05, 3.63) is 53.0 Å². The molecule has 0 aliphatic heterocycles. The van der Waals surface area contributed by atoms with Crippen molar-refractivity contribution in [2.75, 3.05) is 10.6 Å². The molecule has 0 unspecified atom stereocenters. The van der Waals surface area contributed by atoms with Crippen LogP contribution in [0.5, 0.6) is 5.75 Å². The summed E-state index contributed by atoms with van der Waals surface area (Å²) < 4.78 is 0.789. The lowest BCUT2D eigenvalue weighted by molar-refractivity contribution is 0.256. The van der Waals surface area contributed by atoms with Crippen LogP contribution in [0.1, 0.15) is 0 Å². The first-order chi connectivity index (χ1) is 10.4. The maximum atomic E-state index is 11.7. The van der Waals surface area contributed by atoms with Crippen molar-refractivity contribution >= 4 is 39.4 Å². The molecule has 0 atom stereocenters. The lowest BCUT2D eigenvalue weighted by Crippen LogP contribution is -2.19. The van der Waals surface area contributed by atoms with Gasteiger partial charge in [0.05, 0.1) is 11.4 Å². The van der Waals surface area contributed by atoms with Crippen molar-refractivity contribution in [3.63, 3.8) is 0 Å². The van der Waals surface area contributed by atoms with E-state index in [1.807, 2.05) is 18.2 Å². The van der Waals surface area contributed by atoms with Gasteiger partial charge >= 0.3 is 12.1 Å². The minimum Gasteiger partial charge on any atom is -0.506 e. The fourth-order valence-corrected chi connectivity index (χ4v) is 1.80. The third-order valence-electron chi connectivity index (χ3n) is 2.27. The molecule has 8 heteroatoms. The summed E-state index contributed by atoms with van der Waals surface area (Å²) in [5, 5.41) is 14.8. The van der Waals surface area contributed by atoms with Gasteiger partial charge < -0.3 is 27.2 Å². The SMILES string of the molecule is NC(N)=O.O=C(Nc1ccccc1O)Nc1ccccc1Br. The molecule has 0 radical (unpaired) electrons. The number of phenols is 1. The molecule has 0 bridgehead atoms. The van der Waals surface area contributed by atoms with Crippen LogP contribution in [0.15, 0.2) is 53.0 Å². The molecule has 2 aromatic carbocycles. The minimum absolute atomic E-state index is 0.0276. The van der Waals surface area contributed by atoms with E-state index in [0.717, 1.165) is 4.47 Å². The topological polar surface area (TPSA) is 130 Å². The lowest BCUT2D eigenvalue weighted by Gasteiger charge is -2.09. The number of carbonyl (C=O) groups excluding carboxylic acids is 2. The number of urea groups is 2. The summed E-state index contributed by atoms with van der Waals surface area (Å²) in [5.74, 6) is 0.0276. The Morgan fingerprint density at radius 2 is 1.36 bits per heavy atom. The van der Waals surface area contributed by atoms with Crippen molar-refractivity contribution in [3.8, 4) is 5.75 Å². The van der Waals surface area contributed by atoms with Crippen LogP contribution in [0.25, 0.3) is 0 Å². The molecule has 0 aliphatic rings. The normalized spacial score (nSPS) is 9.14. The van der Waals surface area contributed by atoms with Crippen LogP contribution >= 0.6 is 15.9 Å². The van der Waals surface area contributed by atoms with Gasteiger partial charge in [-0.3, -0.25) is 0 Å². The van der Waals surface area contributed by atoms with E-state index in [1.165, 1.54) is 6.07 Å². The number of aromatic hydroxyl groups is 1. The molecule has 22 heavy (non-hydrogen) atoms. The Bertz CT molecular complexity index is 611. The number of benzene rings is 2. The van der Waals surface area contributed by atoms with Gasteiger partial charge in [-0.15, -0.1) is 0 Å². The second-order valence-corrected chi connectivity index (χ2v) is 4.83. The van der Waals surface area contributed by atoms with Gasteiger partial charge in [-0.1, -0.05) is 24.3 Å². The van der Waals surface area contributed by atoms with Crippen molar-refractivity contribution in [2.45, 2.75) is 0 Å². The van der Waals surface area contributed by atoms with Crippen LogP contribution in [0.4, 0.5) is 21.0 Å². The Kier molecular flexibility index (Phi) is 6.71. The summed E-state index contributed by atoms with van der Waals surface area (Å²) in [6.07, 6.45) is 0. The highest BCUT2D eigenvalue weighted by atomic mass is 79.9. The van der Waals surface area contributed by atoms with Gasteiger partial charge in [0.2, 0.25) is 0 Å². The molecule has 7 N–H and O–H groups in total. The summed E-state index contributed by atoms with van der Waals surface area (Å²) in [6, 6.07) is 12.6. The smallest absolute Gasteiger partial charge is 0.323 e. The zero-order valence-electron chi connectivity index (χ0n) is 11.4. The predicted molar refractivity (Wildman–Crippen MR) is 88.7 cm³/mol. The Morgan fingerprint density at radius 3 is 1.91 bits per heavy atom. The number of para-hydroxylation sites is 3. The molecule has 0 heterocycles. The molecule has 4 amide bonds. The number of nitrogens with two attached hydrogens (primary N) is 2. The van der Waals surface area contributed by atoms with Gasteiger partial charge in [0.25, 0.3) is 0 Å². The first-order valence-corrected chi connectivity index (χ1v) is 6.85. The number of carbonyl (C=O) groups is 2. The van der Waals surface area contributed by atoms with Crippen LogP contribution in [-0.2, 0) is 0 Å². The maximum absolute atomic E-state index is 11.7. The number of hydrogen-bond donors (Lipinski definition) is 5. The highest BCUT2D eigenvalue weighted by molar-refractivity contribution is 9.10. The molecule has 0 fully saturated rings. The molecule has 0 aliphatic carbocycles. The number of halogens is 1. The van der Waals surface area contributed by atoms with E-state index < -0.39 is 12.1 Å². The fraction of sp³-hybridized carbons (Fsp3) is 0. The molecule has 2 aromatic rings. The van der Waals surface area contributed by atoms with E-state index in [4.69, 9.17) is 4.79 Å². The Morgan fingerprint density at radius 1 is 0.909 bits per heavy atom. The van der Waals surface area contributed by atoms with Crippen molar-refractivity contribution in [1.82, 2.24) is 0 Å². The summed E-state index contributed by atoms with van der Waals surface area (Å²) in [5.41, 5.74) is 9.52. The number of nitrogens with one attached hydrogen (secondary N) is 2. The first-order valence-electron chi connectivity index (χ1n) is 6.05. The molecule has 0 aromatic heterocycles. The predicted octanol–water partition coefficient (Wildman–Crippen LogP) is 2.82. The van der Waals surface area contributed by atoms with Gasteiger partial charge in [0, 0.05) is 4.47 Å². The summed E-state index contributed by atoms with van der Waals surface area (Å²) in [4.78, 5) is 20.7. The summed E-state index contributed by atoms with van der Waals surface area (Å²) >= 11 is 3.33. The summed E-state index contributed by atoms with van der Waals surface area (Å²) in [6.45, 7) is 0. The molecular formula is C14H15BrN4O3. The standard InChI is InChI=1S/C13H11BrN2O2.CH4N2O/c14-9-5-1-2-6-10(9)15-13(18)16-11-7-3-4-8-12(11)17;2-1(3)4/h1-8,17H,(H2,15,16,18);(H4,2,3,4). The van der Waals surface area contributed by atoms with Gasteiger partial charge in [0.15, 0.2) is 0 Å². The Labute approximate surface area is 135 Å². The van der Waals surface area contributed by atoms with Gasteiger partial charge in [0.1, 0.15) is 5.75 Å². The largest absolute Gasteiger partial charge is 0.506 e. The number of rotatable bonds is 2. The first kappa shape index (κ1) is 17.3. The molecule has 0 saturated heterocycles. The highest BCUT2D eigenvalue weighted by Crippen LogP contribution is 2.23. The average molecular weight is 367 g/mol. The highest BCUT2D eigenvalue weighted by Gasteiger charge is 2.07. The second-order valence-electron chi connectivity index (χ2n) is 3.98.